The van der Waals surface area contributed by atoms with Crippen molar-refractivity contribution >= 4 is 27.5 Å². The number of aliphatic hydroxyl groups is 1. The first-order valence-corrected chi connectivity index (χ1v) is 16.8. The molecule has 0 saturated carbocycles. The van der Waals surface area contributed by atoms with Crippen LogP contribution in [0.5, 0.6) is 17.2 Å². The van der Waals surface area contributed by atoms with Crippen LogP contribution >= 0.6 is 11.3 Å². The van der Waals surface area contributed by atoms with Gasteiger partial charge in [0.25, 0.3) is 0 Å². The zero-order valence-electron chi connectivity index (χ0n) is 40.0. The second-order valence-corrected chi connectivity index (χ2v) is 13.6. The van der Waals surface area contributed by atoms with Crippen molar-refractivity contribution in [1.29, 1.82) is 0 Å². The van der Waals surface area contributed by atoms with Gasteiger partial charge in [-0.25, -0.2) is 18.2 Å². The molecule has 2 fully saturated rings. The summed E-state index contributed by atoms with van der Waals surface area (Å²) >= 11 is 0.713. The molecule has 0 bridgehead atoms. The molecular formula is C33H41N3O10S2. The van der Waals surface area contributed by atoms with Crippen molar-refractivity contribution < 1.29 is 67.3 Å². The molecule has 2 saturated heterocycles. The summed E-state index contributed by atoms with van der Waals surface area (Å²) < 4.78 is 182. The Morgan fingerprint density at radius 2 is 2.08 bits per heavy atom. The lowest BCUT2D eigenvalue weighted by atomic mass is 10.0. The van der Waals surface area contributed by atoms with E-state index in [1.807, 2.05) is 0 Å². The van der Waals surface area contributed by atoms with Crippen LogP contribution in [0.2, 0.25) is 0 Å². The van der Waals surface area contributed by atoms with E-state index in [0.29, 0.717) is 11.3 Å². The Bertz CT molecular complexity index is 2250. The van der Waals surface area contributed by atoms with Crippen LogP contribution in [0.15, 0.2) is 52.7 Å². The van der Waals surface area contributed by atoms with Gasteiger partial charge in [-0.3, -0.25) is 0 Å². The number of sulfonamides is 1. The summed E-state index contributed by atoms with van der Waals surface area (Å²) in [6.07, 6.45) is -7.89. The number of amides is 1. The zero-order chi connectivity index (χ0) is 46.8. The molecule has 3 aliphatic rings. The van der Waals surface area contributed by atoms with Crippen LogP contribution in [0.1, 0.15) is 57.0 Å². The number of aliphatic hydroxyl groups excluding tert-OH is 1. The van der Waals surface area contributed by atoms with E-state index in [0.717, 1.165) is 12.1 Å². The zero-order valence-corrected chi connectivity index (χ0v) is 26.6. The van der Waals surface area contributed by atoms with Crippen LogP contribution in [0.25, 0.3) is 0 Å². The van der Waals surface area contributed by atoms with Crippen LogP contribution in [0, 0.1) is 18.7 Å². The van der Waals surface area contributed by atoms with Gasteiger partial charge in [-0.1, -0.05) is 25.8 Å². The van der Waals surface area contributed by atoms with Crippen molar-refractivity contribution in [2.24, 2.45) is 11.8 Å². The largest absolute Gasteiger partial charge is 0.487 e. The number of aryl methyl sites for hydroxylation is 1. The number of hydrogen-bond donors (Lipinski definition) is 2. The van der Waals surface area contributed by atoms with Gasteiger partial charge >= 0.3 is 6.09 Å². The van der Waals surface area contributed by atoms with Crippen LogP contribution in [0.3, 0.4) is 0 Å². The summed E-state index contributed by atoms with van der Waals surface area (Å²) in [7, 11) is -5.04. The van der Waals surface area contributed by atoms with Gasteiger partial charge in [-0.05, 0) is 55.4 Å². The summed E-state index contributed by atoms with van der Waals surface area (Å²) in [5.41, 5.74) is -0.0813. The molecule has 6 rings (SSSR count). The van der Waals surface area contributed by atoms with E-state index in [1.54, 1.807) is 0 Å². The van der Waals surface area contributed by atoms with Crippen molar-refractivity contribution in [2.45, 2.75) is 69.4 Å². The third-order valence-corrected chi connectivity index (χ3v) is 9.95. The topological polar surface area (TPSA) is 155 Å². The molecule has 0 spiro atoms. The number of fused-ring (bicyclic) bond motifs is 2. The first-order chi connectivity index (χ1) is 28.9. The van der Waals surface area contributed by atoms with Crippen LogP contribution < -0.4 is 19.5 Å². The maximum absolute atomic E-state index is 14.3. The number of benzene rings is 2. The third-order valence-electron chi connectivity index (χ3n) is 7.49. The fourth-order valence-electron chi connectivity index (χ4n) is 5.11. The lowest BCUT2D eigenvalue weighted by molar-refractivity contribution is -0.0907. The van der Waals surface area contributed by atoms with Gasteiger partial charge in [0.2, 0.25) is 16.8 Å². The third kappa shape index (κ3) is 8.21. The molecule has 5 atom stereocenters. The second-order valence-electron chi connectivity index (χ2n) is 10.8. The molecule has 4 heterocycles. The van der Waals surface area contributed by atoms with Crippen molar-refractivity contribution in [1.82, 2.24) is 14.6 Å². The number of alkyl carbamates (subject to hydrolysis) is 1. The average Bonchev–Trinajstić information content (AvgIpc) is 3.97. The normalized spacial score (nSPS) is 29.8. The molecule has 13 nitrogen and oxygen atoms in total. The van der Waals surface area contributed by atoms with E-state index in [2.05, 4.69) is 10.3 Å². The van der Waals surface area contributed by atoms with Crippen LogP contribution in [-0.4, -0.2) is 86.5 Å². The fourth-order valence-corrected chi connectivity index (χ4v) is 7.03. The summed E-state index contributed by atoms with van der Waals surface area (Å²) in [6, 6.07) is 6.84. The number of thiazole rings is 1. The Labute approximate surface area is 305 Å². The Morgan fingerprint density at radius 1 is 1.25 bits per heavy atom. The fraction of sp³-hybridized carbons (Fsp3) is 0.515. The molecule has 2 aromatic carbocycles. The molecule has 0 unspecified atom stereocenters. The average molecular weight is 719 g/mol. The number of ether oxygens (including phenoxy) is 6. The van der Waals surface area contributed by atoms with E-state index in [1.165, 1.54) is 35.7 Å². The summed E-state index contributed by atoms with van der Waals surface area (Å²) in [6.45, 7) is -18.3. The first-order valence-electron chi connectivity index (χ1n) is 22.0. The number of aromatic nitrogens is 1. The highest BCUT2D eigenvalue weighted by molar-refractivity contribution is 7.89. The number of carbonyl (C=O) groups is 1. The molecule has 15 heteroatoms. The minimum Gasteiger partial charge on any atom is -0.487 e. The highest BCUT2D eigenvalue weighted by Crippen LogP contribution is 2.35. The molecule has 1 aromatic heterocycles. The maximum Gasteiger partial charge on any atom is 0.407 e. The molecule has 3 aliphatic heterocycles. The Balaban J connectivity index is 1.32. The number of nitrogens with zero attached hydrogens (tertiary/aromatic N) is 2. The van der Waals surface area contributed by atoms with Gasteiger partial charge in [-0.15, -0.1) is 11.3 Å². The maximum atomic E-state index is 14.3. The van der Waals surface area contributed by atoms with Crippen LogP contribution in [0.4, 0.5) is 4.79 Å². The summed E-state index contributed by atoms with van der Waals surface area (Å²) in [5, 5.41) is 15.1. The highest BCUT2D eigenvalue weighted by Gasteiger charge is 2.44. The Hall–Kier alpha value is -3.47. The quantitative estimate of drug-likeness (QED) is 0.250. The molecule has 0 aliphatic carbocycles. The predicted octanol–water partition coefficient (Wildman–Crippen LogP) is 3.87. The van der Waals surface area contributed by atoms with Gasteiger partial charge in [0.05, 0.1) is 53.7 Å². The lowest BCUT2D eigenvalue weighted by Crippen LogP contribution is -2.51. The predicted molar refractivity (Wildman–Crippen MR) is 174 cm³/mol. The van der Waals surface area contributed by atoms with Gasteiger partial charge in [0.1, 0.15) is 18.4 Å². The molecule has 1 amide bonds. The van der Waals surface area contributed by atoms with Gasteiger partial charge < -0.3 is 38.8 Å². The molecular weight excluding hydrogens is 663 g/mol. The van der Waals surface area contributed by atoms with Crippen molar-refractivity contribution in [2.75, 3.05) is 33.0 Å². The van der Waals surface area contributed by atoms with Gasteiger partial charge in [-0.2, -0.15) is 4.31 Å². The van der Waals surface area contributed by atoms with Crippen molar-refractivity contribution in [3.8, 4) is 17.2 Å². The molecule has 48 heavy (non-hydrogen) atoms. The lowest BCUT2D eigenvalue weighted by Gasteiger charge is -2.31. The van der Waals surface area contributed by atoms with E-state index in [4.69, 9.17) is 49.0 Å². The van der Waals surface area contributed by atoms with Crippen molar-refractivity contribution in [3.05, 3.63) is 64.1 Å². The minimum absolute atomic E-state index is 0.0370. The first kappa shape index (κ1) is 20.3. The number of carbonyl (C=O) groups excluding carboxylic acids is 1. The van der Waals surface area contributed by atoms with Crippen LogP contribution in [-0.2, 0) is 37.2 Å². The molecule has 0 radical (unpaired) electrons. The second kappa shape index (κ2) is 15.0. The number of hydrogen-bond acceptors (Lipinski definition) is 12. The number of nitrogens with one attached hydrogen (secondary N) is 1. The van der Waals surface area contributed by atoms with E-state index in [-0.39, 0.29) is 57.6 Å². The Kier molecular flexibility index (Phi) is 6.32. The minimum atomic E-state index is -5.04. The van der Waals surface area contributed by atoms with E-state index < -0.39 is 111 Å². The molecule has 2 N–H and O–H groups in total. The molecule has 3 aromatic rings. The Morgan fingerprint density at radius 3 is 2.88 bits per heavy atom. The smallest absolute Gasteiger partial charge is 0.407 e. The van der Waals surface area contributed by atoms with Gasteiger partial charge in [0, 0.05) is 38.2 Å². The summed E-state index contributed by atoms with van der Waals surface area (Å²) in [4.78, 5) is 16.9. The van der Waals surface area contributed by atoms with Gasteiger partial charge in [0.15, 0.2) is 17.8 Å². The van der Waals surface area contributed by atoms with E-state index >= 15 is 0 Å². The SMILES string of the molecule is [2H]C([2H])([2H])c1nc(C([2H])([2H])Oc2ccc(C[C@H](NC(=O)O[C@]3([2H])[C@@H]4CCO[C@@H]4OC3([2H])[2H])[C@H](O)CN(CC([2H])(C([2H])([2H])[2H])C([2H])([2H])[2H])S(=O)(=O)c3ccc4c(c3)OCO4)cc2)cs1. The summed E-state index contributed by atoms with van der Waals surface area (Å²) in [5.74, 6) is -4.55. The van der Waals surface area contributed by atoms with Crippen molar-refractivity contribution in [3.63, 3.8) is 0 Å². The standard InChI is InChI=1S/C33H41N3O10S2/c1-20(2)14-36(48(39,40)25-8-9-29-30(13-25)45-19-44-29)15-28(37)27(35-33(38)46-31-17-43-32-26(31)10-11-41-32)12-22-4-6-24(7-5-22)42-16-23-18-47-21(3)34-23/h4-9,13,18,20,26-28,31-32,37H,10-12,14-17,19H2,1-3H3,(H,35,38)/t26-,27-,28+,31-,32+/m0/s1/i1D3,2D3,3D3,16D2,17D2,20D,31D. The molecule has 260 valence electrons. The monoisotopic (exact) mass is 718 g/mol. The highest BCUT2D eigenvalue weighted by atomic mass is 32.2. The number of rotatable bonds is 14. The van der Waals surface area contributed by atoms with E-state index in [9.17, 15) is 18.3 Å².